The predicted molar refractivity (Wildman–Crippen MR) is 84.1 cm³/mol. The fraction of sp³-hybridized carbons (Fsp3) is 0.0714. The zero-order chi connectivity index (χ0) is 14.5. The third-order valence-corrected chi connectivity index (χ3v) is 3.28. The van der Waals surface area contributed by atoms with E-state index in [-0.39, 0.29) is 12.5 Å². The lowest BCUT2D eigenvalue weighted by Gasteiger charge is -2.10. The van der Waals surface area contributed by atoms with E-state index in [1.807, 2.05) is 0 Å². The third-order valence-electron chi connectivity index (χ3n) is 2.49. The van der Waals surface area contributed by atoms with Gasteiger partial charge in [-0.2, -0.15) is 0 Å². The molecule has 0 aliphatic rings. The first-order valence-corrected chi connectivity index (χ1v) is 6.95. The van der Waals surface area contributed by atoms with Crippen molar-refractivity contribution in [2.75, 3.05) is 17.7 Å². The lowest BCUT2D eigenvalue weighted by atomic mass is 10.3. The van der Waals surface area contributed by atoms with Gasteiger partial charge in [-0.1, -0.05) is 39.7 Å². The van der Waals surface area contributed by atoms with Gasteiger partial charge in [-0.3, -0.25) is 4.79 Å². The van der Waals surface area contributed by atoms with Gasteiger partial charge in [0.25, 0.3) is 5.91 Å². The molecule has 0 spiro atoms. The quantitative estimate of drug-likeness (QED) is 0.822. The molecule has 1 amide bonds. The summed E-state index contributed by atoms with van der Waals surface area (Å²) in [6.07, 6.45) is 0. The maximum absolute atomic E-state index is 11.8. The van der Waals surface area contributed by atoms with Gasteiger partial charge in [0.05, 0.1) is 16.4 Å². The maximum atomic E-state index is 11.8. The minimum Gasteiger partial charge on any atom is -0.482 e. The highest BCUT2D eigenvalue weighted by Gasteiger charge is 2.08. The summed E-state index contributed by atoms with van der Waals surface area (Å²) < 4.78 is 6.20. The van der Waals surface area contributed by atoms with Crippen LogP contribution in [0.15, 0.2) is 46.9 Å². The fourth-order valence-corrected chi connectivity index (χ4v) is 2.26. The molecule has 2 aromatic carbocycles. The van der Waals surface area contributed by atoms with Crippen LogP contribution in [0.4, 0.5) is 11.4 Å². The number of benzene rings is 2. The second kappa shape index (κ2) is 6.63. The van der Waals surface area contributed by atoms with Crippen LogP contribution in [-0.4, -0.2) is 12.5 Å². The summed E-state index contributed by atoms with van der Waals surface area (Å²) in [5.74, 6) is 0.146. The number of hydrogen-bond acceptors (Lipinski definition) is 3. The molecular weight excluding hydrogens is 344 g/mol. The molecule has 0 aliphatic carbocycles. The third kappa shape index (κ3) is 3.88. The summed E-state index contributed by atoms with van der Waals surface area (Å²) in [6.45, 7) is -0.143. The molecule has 4 nitrogen and oxygen atoms in total. The number of amides is 1. The van der Waals surface area contributed by atoms with Crippen molar-refractivity contribution in [1.82, 2.24) is 0 Å². The Morgan fingerprint density at radius 3 is 2.75 bits per heavy atom. The largest absolute Gasteiger partial charge is 0.482 e. The van der Waals surface area contributed by atoms with Crippen LogP contribution < -0.4 is 15.8 Å². The van der Waals surface area contributed by atoms with E-state index in [0.717, 1.165) is 4.47 Å². The number of carbonyl (C=O) groups excluding carboxylic acids is 1. The number of hydrogen-bond donors (Lipinski definition) is 2. The molecule has 0 aliphatic heterocycles. The number of anilines is 2. The Kier molecular flexibility index (Phi) is 4.87. The Morgan fingerprint density at radius 2 is 2.05 bits per heavy atom. The fourth-order valence-electron chi connectivity index (χ4n) is 1.53. The lowest BCUT2D eigenvalue weighted by molar-refractivity contribution is -0.118. The number of halogens is 2. The number of ether oxygens (including phenoxy) is 1. The molecule has 0 fully saturated rings. The molecule has 2 aromatic rings. The molecule has 6 heteroatoms. The van der Waals surface area contributed by atoms with Gasteiger partial charge in [0.15, 0.2) is 6.61 Å². The molecule has 0 unspecified atom stereocenters. The molecule has 0 atom stereocenters. The molecular formula is C14H12BrClN2O2. The molecule has 0 aromatic heterocycles. The topological polar surface area (TPSA) is 64.3 Å². The highest BCUT2D eigenvalue weighted by molar-refractivity contribution is 9.10. The summed E-state index contributed by atoms with van der Waals surface area (Å²) in [7, 11) is 0. The van der Waals surface area contributed by atoms with E-state index >= 15 is 0 Å². The smallest absolute Gasteiger partial charge is 0.262 e. The van der Waals surface area contributed by atoms with Crippen LogP contribution in [0.1, 0.15) is 0 Å². The van der Waals surface area contributed by atoms with E-state index in [0.29, 0.717) is 22.1 Å². The predicted octanol–water partition coefficient (Wildman–Crippen LogP) is 3.70. The van der Waals surface area contributed by atoms with E-state index in [1.165, 1.54) is 0 Å². The Bertz CT molecular complexity index is 634. The first kappa shape index (κ1) is 14.7. The van der Waals surface area contributed by atoms with Crippen molar-refractivity contribution >= 4 is 44.8 Å². The number of rotatable bonds is 4. The van der Waals surface area contributed by atoms with Crippen LogP contribution >= 0.6 is 27.5 Å². The molecule has 2 rings (SSSR count). The van der Waals surface area contributed by atoms with Crippen molar-refractivity contribution in [1.29, 1.82) is 0 Å². The highest BCUT2D eigenvalue weighted by Crippen LogP contribution is 2.27. The Labute approximate surface area is 130 Å². The van der Waals surface area contributed by atoms with Crippen molar-refractivity contribution in [3.8, 4) is 5.75 Å². The van der Waals surface area contributed by atoms with Crippen molar-refractivity contribution in [2.45, 2.75) is 0 Å². The number of para-hydroxylation sites is 2. The van der Waals surface area contributed by atoms with E-state index in [4.69, 9.17) is 22.1 Å². The molecule has 104 valence electrons. The number of nitrogens with two attached hydrogens (primary N) is 1. The molecule has 20 heavy (non-hydrogen) atoms. The van der Waals surface area contributed by atoms with Gasteiger partial charge < -0.3 is 15.8 Å². The standard InChI is InChI=1S/C14H12BrClN2O2/c15-9-5-6-13(10(16)7-9)20-8-14(19)18-12-4-2-1-3-11(12)17/h1-7H,8,17H2,(H,18,19). The van der Waals surface area contributed by atoms with Gasteiger partial charge in [0.2, 0.25) is 0 Å². The van der Waals surface area contributed by atoms with Gasteiger partial charge in [0, 0.05) is 4.47 Å². The van der Waals surface area contributed by atoms with Crippen LogP contribution in [-0.2, 0) is 4.79 Å². The van der Waals surface area contributed by atoms with Crippen molar-refractivity contribution < 1.29 is 9.53 Å². The minimum atomic E-state index is -0.304. The lowest BCUT2D eigenvalue weighted by Crippen LogP contribution is -2.20. The van der Waals surface area contributed by atoms with Crippen LogP contribution in [0, 0.1) is 0 Å². The normalized spacial score (nSPS) is 10.1. The summed E-state index contributed by atoms with van der Waals surface area (Å²) >= 11 is 9.29. The average molecular weight is 356 g/mol. The molecule has 0 saturated carbocycles. The second-order valence-electron chi connectivity index (χ2n) is 4.00. The zero-order valence-corrected chi connectivity index (χ0v) is 12.7. The zero-order valence-electron chi connectivity index (χ0n) is 10.4. The van der Waals surface area contributed by atoms with E-state index < -0.39 is 0 Å². The van der Waals surface area contributed by atoms with E-state index in [9.17, 15) is 4.79 Å². The number of nitrogen functional groups attached to an aromatic ring is 1. The SMILES string of the molecule is Nc1ccccc1NC(=O)COc1ccc(Br)cc1Cl. The van der Waals surface area contributed by atoms with Gasteiger partial charge in [0.1, 0.15) is 5.75 Å². The van der Waals surface area contributed by atoms with E-state index in [1.54, 1.807) is 42.5 Å². The summed E-state index contributed by atoms with van der Waals surface area (Å²) in [4.78, 5) is 11.8. The number of nitrogens with one attached hydrogen (secondary N) is 1. The molecule has 0 bridgehead atoms. The molecule has 0 radical (unpaired) electrons. The van der Waals surface area contributed by atoms with Gasteiger partial charge in [-0.25, -0.2) is 0 Å². The maximum Gasteiger partial charge on any atom is 0.262 e. The summed E-state index contributed by atoms with van der Waals surface area (Å²) in [6, 6.07) is 12.2. The highest BCUT2D eigenvalue weighted by atomic mass is 79.9. The van der Waals surface area contributed by atoms with Gasteiger partial charge in [-0.15, -0.1) is 0 Å². The Hall–Kier alpha value is -1.72. The Morgan fingerprint density at radius 1 is 1.30 bits per heavy atom. The van der Waals surface area contributed by atoms with Crippen LogP contribution in [0.5, 0.6) is 5.75 Å². The molecule has 0 heterocycles. The number of carbonyl (C=O) groups is 1. The van der Waals surface area contributed by atoms with Crippen LogP contribution in [0.2, 0.25) is 5.02 Å². The average Bonchev–Trinajstić information content (AvgIpc) is 2.40. The van der Waals surface area contributed by atoms with Gasteiger partial charge >= 0.3 is 0 Å². The first-order chi connectivity index (χ1) is 9.56. The van der Waals surface area contributed by atoms with Gasteiger partial charge in [-0.05, 0) is 30.3 Å². The van der Waals surface area contributed by atoms with Crippen molar-refractivity contribution in [2.24, 2.45) is 0 Å². The molecule has 0 saturated heterocycles. The summed E-state index contributed by atoms with van der Waals surface area (Å²) in [5.41, 5.74) is 6.80. The molecule has 3 N–H and O–H groups in total. The van der Waals surface area contributed by atoms with Crippen LogP contribution in [0.25, 0.3) is 0 Å². The minimum absolute atomic E-state index is 0.143. The monoisotopic (exact) mass is 354 g/mol. The summed E-state index contributed by atoms with van der Waals surface area (Å²) in [5, 5.41) is 3.11. The van der Waals surface area contributed by atoms with Crippen molar-refractivity contribution in [3.63, 3.8) is 0 Å². The second-order valence-corrected chi connectivity index (χ2v) is 5.32. The first-order valence-electron chi connectivity index (χ1n) is 5.78. The van der Waals surface area contributed by atoms with Crippen molar-refractivity contribution in [3.05, 3.63) is 52.0 Å². The van der Waals surface area contributed by atoms with Crippen LogP contribution in [0.3, 0.4) is 0 Å². The van der Waals surface area contributed by atoms with E-state index in [2.05, 4.69) is 21.2 Å². The Balaban J connectivity index is 1.94.